The van der Waals surface area contributed by atoms with E-state index in [1.54, 1.807) is 18.2 Å². The molecule has 236 valence electrons. The smallest absolute Gasteiger partial charge is 0.355 e. The van der Waals surface area contributed by atoms with Gasteiger partial charge in [-0.1, -0.05) is 54.6 Å². The van der Waals surface area contributed by atoms with E-state index in [4.69, 9.17) is 18.9 Å². The van der Waals surface area contributed by atoms with Crippen LogP contribution in [-0.4, -0.2) is 63.2 Å². The van der Waals surface area contributed by atoms with Crippen molar-refractivity contribution < 1.29 is 41.7 Å². The summed E-state index contributed by atoms with van der Waals surface area (Å²) in [6.45, 7) is 4.49. The highest BCUT2D eigenvalue weighted by atomic mass is 79.9. The first kappa shape index (κ1) is 33.6. The standard InChI is InChI=1S/C31H34BrNO9S2/c1-20(2)42-26(35)17-39-28-27(32)29(43-30(28)31(36)41-19-40-21(3)34)25-11-7-10-24(16-25)23-12-14-33(15-13-23)44(37,38)18-22-8-5-4-6-9-22/h4-11,16,20,23H,12-15,17-19H2,1-3H3. The van der Waals surface area contributed by atoms with Crippen molar-refractivity contribution in [2.75, 3.05) is 26.5 Å². The highest BCUT2D eigenvalue weighted by Crippen LogP contribution is 2.46. The minimum Gasteiger partial charge on any atom is -0.479 e. The molecule has 3 aromatic rings. The number of halogens is 1. The van der Waals surface area contributed by atoms with Crippen molar-refractivity contribution >= 4 is 55.2 Å². The maximum atomic E-state index is 13.0. The average Bonchev–Trinajstić information content (AvgIpc) is 3.32. The Kier molecular flexibility index (Phi) is 11.6. The molecule has 4 rings (SSSR count). The van der Waals surface area contributed by atoms with Gasteiger partial charge < -0.3 is 18.9 Å². The van der Waals surface area contributed by atoms with Crippen LogP contribution in [0.25, 0.3) is 10.4 Å². The van der Waals surface area contributed by atoms with Crippen LogP contribution in [0.1, 0.15) is 60.3 Å². The summed E-state index contributed by atoms with van der Waals surface area (Å²) in [5, 5.41) is 0. The molecule has 2 heterocycles. The largest absolute Gasteiger partial charge is 0.479 e. The van der Waals surface area contributed by atoms with Gasteiger partial charge in [0.1, 0.15) is 0 Å². The third-order valence-corrected chi connectivity index (χ3v) is 10.9. The van der Waals surface area contributed by atoms with Crippen molar-refractivity contribution in [1.29, 1.82) is 0 Å². The van der Waals surface area contributed by atoms with Crippen molar-refractivity contribution in [3.8, 4) is 16.2 Å². The van der Waals surface area contributed by atoms with E-state index in [0.29, 0.717) is 35.3 Å². The Morgan fingerprint density at radius 2 is 1.73 bits per heavy atom. The van der Waals surface area contributed by atoms with Crippen molar-refractivity contribution in [3.05, 3.63) is 75.1 Å². The first-order chi connectivity index (χ1) is 20.9. The second-order valence-corrected chi connectivity index (χ2v) is 14.2. The Morgan fingerprint density at radius 3 is 2.39 bits per heavy atom. The van der Waals surface area contributed by atoms with Gasteiger partial charge in [0.2, 0.25) is 16.8 Å². The second-order valence-electron chi connectivity index (χ2n) is 10.5. The fourth-order valence-electron chi connectivity index (χ4n) is 4.78. The maximum absolute atomic E-state index is 13.0. The quantitative estimate of drug-likeness (QED) is 0.167. The molecular weight excluding hydrogens is 674 g/mol. The van der Waals surface area contributed by atoms with Gasteiger partial charge in [-0.05, 0) is 65.2 Å². The third kappa shape index (κ3) is 8.90. The number of piperidine rings is 1. The maximum Gasteiger partial charge on any atom is 0.355 e. The number of carbonyl (C=O) groups is 3. The molecule has 13 heteroatoms. The summed E-state index contributed by atoms with van der Waals surface area (Å²) >= 11 is 4.65. The fraction of sp³-hybridized carbons (Fsp3) is 0.387. The van der Waals surface area contributed by atoms with E-state index in [1.165, 1.54) is 6.92 Å². The number of hydrogen-bond donors (Lipinski definition) is 0. The molecule has 1 saturated heterocycles. The molecule has 1 aliphatic heterocycles. The third-order valence-electron chi connectivity index (χ3n) is 6.81. The lowest BCUT2D eigenvalue weighted by molar-refractivity contribution is -0.150. The highest BCUT2D eigenvalue weighted by molar-refractivity contribution is 9.10. The number of benzene rings is 2. The molecule has 0 unspecified atom stereocenters. The van der Waals surface area contributed by atoms with Crippen LogP contribution in [-0.2, 0) is 39.6 Å². The summed E-state index contributed by atoms with van der Waals surface area (Å²) in [5.74, 6) is -1.75. The molecule has 0 aliphatic carbocycles. The molecular formula is C31H34BrNO9S2. The van der Waals surface area contributed by atoms with Gasteiger partial charge in [-0.2, -0.15) is 0 Å². The van der Waals surface area contributed by atoms with Crippen LogP contribution in [0.3, 0.4) is 0 Å². The van der Waals surface area contributed by atoms with Crippen molar-refractivity contribution in [2.45, 2.75) is 51.4 Å². The molecule has 2 aromatic carbocycles. The Morgan fingerprint density at radius 1 is 1.02 bits per heavy atom. The Hall–Kier alpha value is -3.26. The average molecular weight is 709 g/mol. The zero-order valence-corrected chi connectivity index (χ0v) is 27.8. The molecule has 0 saturated carbocycles. The number of sulfonamides is 1. The first-order valence-corrected chi connectivity index (χ1v) is 17.2. The minimum atomic E-state index is -3.43. The molecule has 10 nitrogen and oxygen atoms in total. The van der Waals surface area contributed by atoms with Crippen LogP contribution in [0.15, 0.2) is 59.1 Å². The van der Waals surface area contributed by atoms with E-state index >= 15 is 0 Å². The topological polar surface area (TPSA) is 126 Å². The number of carbonyl (C=O) groups excluding carboxylic acids is 3. The van der Waals surface area contributed by atoms with E-state index < -0.39 is 41.3 Å². The van der Waals surface area contributed by atoms with Gasteiger partial charge >= 0.3 is 17.9 Å². The SMILES string of the molecule is CC(=O)OCOC(=O)c1sc(-c2cccc(C3CCN(S(=O)(=O)Cc4ccccc4)CC3)c2)c(Br)c1OCC(=O)OC(C)C. The van der Waals surface area contributed by atoms with Crippen molar-refractivity contribution in [1.82, 2.24) is 4.31 Å². The molecule has 1 aliphatic rings. The van der Waals surface area contributed by atoms with Gasteiger partial charge in [-0.25, -0.2) is 22.3 Å². The van der Waals surface area contributed by atoms with E-state index in [0.717, 1.165) is 28.0 Å². The van der Waals surface area contributed by atoms with Crippen LogP contribution in [0, 0.1) is 0 Å². The summed E-state index contributed by atoms with van der Waals surface area (Å²) in [5.41, 5.74) is 2.61. The van der Waals surface area contributed by atoms with E-state index in [1.807, 2.05) is 54.6 Å². The summed E-state index contributed by atoms with van der Waals surface area (Å²) < 4.78 is 48.8. The fourth-order valence-corrected chi connectivity index (χ4v) is 8.29. The van der Waals surface area contributed by atoms with Gasteiger partial charge in [-0.15, -0.1) is 11.3 Å². The van der Waals surface area contributed by atoms with Crippen LogP contribution >= 0.6 is 27.3 Å². The van der Waals surface area contributed by atoms with Crippen molar-refractivity contribution in [3.63, 3.8) is 0 Å². The van der Waals surface area contributed by atoms with Crippen LogP contribution in [0.2, 0.25) is 0 Å². The normalized spacial score (nSPS) is 14.3. The molecule has 0 radical (unpaired) electrons. The number of rotatable bonds is 12. The Balaban J connectivity index is 1.52. The molecule has 0 amide bonds. The summed E-state index contributed by atoms with van der Waals surface area (Å²) in [6, 6.07) is 17.0. The number of hydrogen-bond acceptors (Lipinski definition) is 10. The van der Waals surface area contributed by atoms with E-state index in [2.05, 4.69) is 15.9 Å². The number of nitrogens with zero attached hydrogens (tertiary/aromatic N) is 1. The van der Waals surface area contributed by atoms with Gasteiger partial charge in [0, 0.05) is 20.0 Å². The summed E-state index contributed by atoms with van der Waals surface area (Å²) in [7, 11) is -3.43. The lowest BCUT2D eigenvalue weighted by atomic mass is 9.89. The van der Waals surface area contributed by atoms with Crippen LogP contribution in [0.5, 0.6) is 5.75 Å². The molecule has 0 bridgehead atoms. The second kappa shape index (κ2) is 15.2. The lowest BCUT2D eigenvalue weighted by Crippen LogP contribution is -2.38. The number of thiophene rings is 1. The van der Waals surface area contributed by atoms with Gasteiger partial charge in [0.25, 0.3) is 0 Å². The summed E-state index contributed by atoms with van der Waals surface area (Å²) in [4.78, 5) is 37.0. The van der Waals surface area contributed by atoms with Crippen molar-refractivity contribution in [2.24, 2.45) is 0 Å². The monoisotopic (exact) mass is 707 g/mol. The molecule has 44 heavy (non-hydrogen) atoms. The molecule has 1 aromatic heterocycles. The predicted molar refractivity (Wildman–Crippen MR) is 169 cm³/mol. The number of esters is 3. The first-order valence-electron chi connectivity index (χ1n) is 14.0. The predicted octanol–water partition coefficient (Wildman–Crippen LogP) is 5.89. The zero-order valence-electron chi connectivity index (χ0n) is 24.6. The molecule has 0 atom stereocenters. The van der Waals surface area contributed by atoms with Crippen LogP contribution < -0.4 is 4.74 Å². The van der Waals surface area contributed by atoms with E-state index in [-0.39, 0.29) is 28.4 Å². The van der Waals surface area contributed by atoms with E-state index in [9.17, 15) is 22.8 Å². The van der Waals surface area contributed by atoms with Gasteiger partial charge in [0.05, 0.1) is 21.2 Å². The van der Waals surface area contributed by atoms with Gasteiger partial charge in [0.15, 0.2) is 17.2 Å². The molecule has 1 fully saturated rings. The van der Waals surface area contributed by atoms with Crippen LogP contribution in [0.4, 0.5) is 0 Å². The zero-order chi connectivity index (χ0) is 31.9. The van der Waals surface area contributed by atoms with Gasteiger partial charge in [-0.3, -0.25) is 4.79 Å². The Bertz CT molecular complexity index is 1580. The molecule has 0 N–H and O–H groups in total. The minimum absolute atomic E-state index is 0.0222. The highest BCUT2D eigenvalue weighted by Gasteiger charge is 2.30. The number of ether oxygens (including phenoxy) is 4. The molecule has 0 spiro atoms. The Labute approximate surface area is 269 Å². The summed E-state index contributed by atoms with van der Waals surface area (Å²) in [6.07, 6.45) is 1.01. The lowest BCUT2D eigenvalue weighted by Gasteiger charge is -2.31.